The van der Waals surface area contributed by atoms with Crippen LogP contribution in [0, 0.1) is 6.92 Å². The zero-order chi connectivity index (χ0) is 12.8. The number of nitrogens with zero attached hydrogens (tertiary/aromatic N) is 2. The topological polar surface area (TPSA) is 67.3 Å². The monoisotopic (exact) mass is 265 g/mol. The fourth-order valence-electron chi connectivity index (χ4n) is 1.40. The SMILES string of the molecule is Cc1nc(CNc2ccc(OCCO)nc2)cs1. The van der Waals surface area contributed by atoms with E-state index in [1.807, 2.05) is 18.4 Å². The third kappa shape index (κ3) is 3.68. The molecule has 2 rings (SSSR count). The molecule has 96 valence electrons. The molecule has 0 radical (unpaired) electrons. The van der Waals surface area contributed by atoms with Crippen molar-refractivity contribution in [3.8, 4) is 5.88 Å². The van der Waals surface area contributed by atoms with Gasteiger partial charge in [0.05, 0.1) is 35.7 Å². The van der Waals surface area contributed by atoms with Crippen molar-refractivity contribution in [1.82, 2.24) is 9.97 Å². The van der Waals surface area contributed by atoms with Crippen LogP contribution in [0.2, 0.25) is 0 Å². The van der Waals surface area contributed by atoms with E-state index in [1.54, 1.807) is 23.6 Å². The van der Waals surface area contributed by atoms with Gasteiger partial charge >= 0.3 is 0 Å². The van der Waals surface area contributed by atoms with E-state index in [-0.39, 0.29) is 13.2 Å². The second-order valence-electron chi connectivity index (χ2n) is 3.67. The quantitative estimate of drug-likeness (QED) is 0.834. The van der Waals surface area contributed by atoms with Crippen LogP contribution in [-0.4, -0.2) is 28.3 Å². The lowest BCUT2D eigenvalue weighted by Gasteiger charge is -2.06. The lowest BCUT2D eigenvalue weighted by molar-refractivity contribution is 0.196. The van der Waals surface area contributed by atoms with Gasteiger partial charge in [0.15, 0.2) is 0 Å². The summed E-state index contributed by atoms with van der Waals surface area (Å²) in [6.07, 6.45) is 1.70. The Hall–Kier alpha value is -1.66. The fourth-order valence-corrected chi connectivity index (χ4v) is 2.02. The van der Waals surface area contributed by atoms with Gasteiger partial charge in [-0.05, 0) is 13.0 Å². The Bertz CT molecular complexity index is 484. The van der Waals surface area contributed by atoms with Crippen molar-refractivity contribution in [2.45, 2.75) is 13.5 Å². The largest absolute Gasteiger partial charge is 0.475 e. The van der Waals surface area contributed by atoms with E-state index in [1.165, 1.54) is 0 Å². The minimum absolute atomic E-state index is 0.00907. The predicted octanol–water partition coefficient (Wildman–Crippen LogP) is 1.83. The van der Waals surface area contributed by atoms with Crippen LogP contribution in [0.3, 0.4) is 0 Å². The van der Waals surface area contributed by atoms with Gasteiger partial charge in [0.1, 0.15) is 6.61 Å². The number of anilines is 1. The first-order valence-electron chi connectivity index (χ1n) is 5.62. The van der Waals surface area contributed by atoms with Crippen LogP contribution in [0.15, 0.2) is 23.7 Å². The maximum atomic E-state index is 8.62. The van der Waals surface area contributed by atoms with Gasteiger partial charge in [-0.1, -0.05) is 0 Å². The Morgan fingerprint density at radius 2 is 2.33 bits per heavy atom. The second kappa shape index (κ2) is 6.32. The lowest BCUT2D eigenvalue weighted by atomic mass is 10.4. The van der Waals surface area contributed by atoms with E-state index in [0.29, 0.717) is 12.4 Å². The number of thiazole rings is 1. The average Bonchev–Trinajstić information content (AvgIpc) is 2.81. The van der Waals surface area contributed by atoms with E-state index in [4.69, 9.17) is 9.84 Å². The second-order valence-corrected chi connectivity index (χ2v) is 4.73. The van der Waals surface area contributed by atoms with Gasteiger partial charge < -0.3 is 15.2 Å². The van der Waals surface area contributed by atoms with Gasteiger partial charge in [-0.3, -0.25) is 0 Å². The van der Waals surface area contributed by atoms with Crippen molar-refractivity contribution >= 4 is 17.0 Å². The molecule has 18 heavy (non-hydrogen) atoms. The predicted molar refractivity (Wildman–Crippen MR) is 71.0 cm³/mol. The molecule has 0 unspecified atom stereocenters. The number of aliphatic hydroxyl groups excluding tert-OH is 1. The molecule has 0 aromatic carbocycles. The number of aliphatic hydroxyl groups is 1. The highest BCUT2D eigenvalue weighted by molar-refractivity contribution is 7.09. The van der Waals surface area contributed by atoms with Crippen LogP contribution >= 0.6 is 11.3 Å². The Kier molecular flexibility index (Phi) is 4.49. The number of aromatic nitrogens is 2. The molecule has 0 aliphatic carbocycles. The van der Waals surface area contributed by atoms with Crippen LogP contribution in [0.5, 0.6) is 5.88 Å². The molecule has 0 saturated heterocycles. The fraction of sp³-hybridized carbons (Fsp3) is 0.333. The molecular weight excluding hydrogens is 250 g/mol. The van der Waals surface area contributed by atoms with Crippen molar-refractivity contribution in [3.63, 3.8) is 0 Å². The van der Waals surface area contributed by atoms with E-state index >= 15 is 0 Å². The normalized spacial score (nSPS) is 10.3. The molecule has 0 amide bonds. The van der Waals surface area contributed by atoms with Crippen LogP contribution < -0.4 is 10.1 Å². The Morgan fingerprint density at radius 1 is 1.44 bits per heavy atom. The maximum absolute atomic E-state index is 8.62. The summed E-state index contributed by atoms with van der Waals surface area (Å²) in [6, 6.07) is 3.66. The van der Waals surface area contributed by atoms with Gasteiger partial charge in [-0.15, -0.1) is 11.3 Å². The van der Waals surface area contributed by atoms with Gasteiger partial charge in [-0.2, -0.15) is 0 Å². The summed E-state index contributed by atoms with van der Waals surface area (Å²) in [4.78, 5) is 8.49. The van der Waals surface area contributed by atoms with E-state index in [9.17, 15) is 0 Å². The highest BCUT2D eigenvalue weighted by atomic mass is 32.1. The molecule has 0 saturated carbocycles. The molecule has 5 nitrogen and oxygen atoms in total. The summed E-state index contributed by atoms with van der Waals surface area (Å²) in [7, 11) is 0. The number of ether oxygens (including phenoxy) is 1. The van der Waals surface area contributed by atoms with Crippen LogP contribution in [-0.2, 0) is 6.54 Å². The maximum Gasteiger partial charge on any atom is 0.213 e. The van der Waals surface area contributed by atoms with Crippen molar-refractivity contribution in [1.29, 1.82) is 0 Å². The molecule has 2 aromatic heterocycles. The number of hydrogen-bond donors (Lipinski definition) is 2. The van der Waals surface area contributed by atoms with E-state index in [0.717, 1.165) is 16.4 Å². The first kappa shape index (κ1) is 12.8. The molecule has 2 heterocycles. The Morgan fingerprint density at radius 3 is 2.94 bits per heavy atom. The Labute approximate surface area is 109 Å². The van der Waals surface area contributed by atoms with E-state index in [2.05, 4.69) is 15.3 Å². The standard InChI is InChI=1S/C12H15N3O2S/c1-9-15-11(8-18-9)7-13-10-2-3-12(14-6-10)17-5-4-16/h2-3,6,8,13,16H,4-5,7H2,1H3. The third-order valence-electron chi connectivity index (χ3n) is 2.22. The molecule has 0 atom stereocenters. The zero-order valence-electron chi connectivity index (χ0n) is 10.1. The summed E-state index contributed by atoms with van der Waals surface area (Å²) in [5.41, 5.74) is 1.94. The number of nitrogens with one attached hydrogen (secondary N) is 1. The average molecular weight is 265 g/mol. The van der Waals surface area contributed by atoms with Crippen molar-refractivity contribution in [2.24, 2.45) is 0 Å². The zero-order valence-corrected chi connectivity index (χ0v) is 10.9. The first-order chi connectivity index (χ1) is 8.78. The molecular formula is C12H15N3O2S. The molecule has 6 heteroatoms. The number of rotatable bonds is 6. The highest BCUT2D eigenvalue weighted by Gasteiger charge is 1.99. The first-order valence-corrected chi connectivity index (χ1v) is 6.50. The summed E-state index contributed by atoms with van der Waals surface area (Å²) < 4.78 is 5.18. The van der Waals surface area contributed by atoms with Gasteiger partial charge in [0.25, 0.3) is 0 Å². The van der Waals surface area contributed by atoms with Crippen molar-refractivity contribution in [3.05, 3.63) is 34.4 Å². The molecule has 2 N–H and O–H groups in total. The molecule has 0 fully saturated rings. The smallest absolute Gasteiger partial charge is 0.213 e. The lowest BCUT2D eigenvalue weighted by Crippen LogP contribution is -2.04. The van der Waals surface area contributed by atoms with Crippen molar-refractivity contribution in [2.75, 3.05) is 18.5 Å². The summed E-state index contributed by atoms with van der Waals surface area (Å²) in [5.74, 6) is 0.513. The van der Waals surface area contributed by atoms with Crippen molar-refractivity contribution < 1.29 is 9.84 Å². The van der Waals surface area contributed by atoms with Gasteiger partial charge in [-0.25, -0.2) is 9.97 Å². The third-order valence-corrected chi connectivity index (χ3v) is 3.04. The van der Waals surface area contributed by atoms with Crippen LogP contribution in [0.1, 0.15) is 10.7 Å². The number of pyridine rings is 1. The molecule has 0 aliphatic heterocycles. The molecule has 0 spiro atoms. The molecule has 2 aromatic rings. The number of aryl methyl sites for hydroxylation is 1. The number of hydrogen-bond acceptors (Lipinski definition) is 6. The molecule has 0 aliphatic rings. The minimum Gasteiger partial charge on any atom is -0.475 e. The van der Waals surface area contributed by atoms with E-state index < -0.39 is 0 Å². The summed E-state index contributed by atoms with van der Waals surface area (Å²) in [6.45, 7) is 2.93. The molecule has 0 bridgehead atoms. The van der Waals surface area contributed by atoms with Crippen LogP contribution in [0.4, 0.5) is 5.69 Å². The van der Waals surface area contributed by atoms with Gasteiger partial charge in [0.2, 0.25) is 5.88 Å². The Balaban J connectivity index is 1.86. The van der Waals surface area contributed by atoms with Crippen LogP contribution in [0.25, 0.3) is 0 Å². The highest BCUT2D eigenvalue weighted by Crippen LogP contribution is 2.14. The summed E-state index contributed by atoms with van der Waals surface area (Å²) in [5, 5.41) is 15.0. The van der Waals surface area contributed by atoms with Gasteiger partial charge in [0, 0.05) is 11.4 Å². The minimum atomic E-state index is -0.00907. The summed E-state index contributed by atoms with van der Waals surface area (Å²) >= 11 is 1.64.